The second kappa shape index (κ2) is 9.14. The highest BCUT2D eigenvalue weighted by molar-refractivity contribution is 5.81. The van der Waals surface area contributed by atoms with Gasteiger partial charge in [-0.05, 0) is 53.8 Å². The Labute approximate surface area is 182 Å². The van der Waals surface area contributed by atoms with Crippen molar-refractivity contribution in [2.45, 2.75) is 25.4 Å². The maximum atomic E-state index is 5.68. The summed E-state index contributed by atoms with van der Waals surface area (Å²) >= 11 is 0. The first-order valence-corrected chi connectivity index (χ1v) is 10.8. The van der Waals surface area contributed by atoms with Gasteiger partial charge in [0.2, 0.25) is 0 Å². The average molecular weight is 411 g/mol. The topological polar surface area (TPSA) is 52.0 Å². The molecule has 1 fully saturated rings. The number of anilines is 1. The normalized spacial score (nSPS) is 16.2. The zero-order chi connectivity index (χ0) is 20.9. The zero-order valence-corrected chi connectivity index (χ0v) is 17.4. The van der Waals surface area contributed by atoms with Crippen molar-refractivity contribution >= 4 is 5.69 Å². The molecule has 4 aromatic rings. The number of nitrogens with zero attached hydrogens (tertiary/aromatic N) is 3. The van der Waals surface area contributed by atoms with Crippen LogP contribution in [0.1, 0.15) is 18.4 Å². The van der Waals surface area contributed by atoms with Gasteiger partial charge in [-0.1, -0.05) is 42.5 Å². The van der Waals surface area contributed by atoms with E-state index in [9.17, 15) is 0 Å². The third kappa shape index (κ3) is 4.67. The molecule has 1 atom stereocenters. The standard InChI is InChI=1S/C26H26N4O/c1-2-7-21(8-3-1)22-10-11-25(28-23-9-5-15-31-19-23)24(16-22)26-12-14-30(29-26)18-20-6-4-13-27-17-20/h1-4,6-8,10-14,16-17,23,28H,5,9,15,18-19H2. The van der Waals surface area contributed by atoms with Crippen molar-refractivity contribution in [1.82, 2.24) is 14.8 Å². The molecule has 3 heterocycles. The Morgan fingerprint density at radius 3 is 2.74 bits per heavy atom. The first-order chi connectivity index (χ1) is 15.3. The van der Waals surface area contributed by atoms with Gasteiger partial charge in [-0.3, -0.25) is 9.67 Å². The highest BCUT2D eigenvalue weighted by atomic mass is 16.5. The number of benzene rings is 2. The summed E-state index contributed by atoms with van der Waals surface area (Å²) in [5, 5.41) is 8.58. The lowest BCUT2D eigenvalue weighted by atomic mass is 9.99. The van der Waals surface area contributed by atoms with Crippen LogP contribution in [0.15, 0.2) is 85.3 Å². The fourth-order valence-electron chi connectivity index (χ4n) is 4.04. The van der Waals surface area contributed by atoms with E-state index in [0.717, 1.165) is 48.6 Å². The summed E-state index contributed by atoms with van der Waals surface area (Å²) in [6.07, 6.45) is 7.92. The summed E-state index contributed by atoms with van der Waals surface area (Å²) in [4.78, 5) is 4.21. The monoisotopic (exact) mass is 410 g/mol. The molecule has 2 aromatic heterocycles. The minimum Gasteiger partial charge on any atom is -0.379 e. The number of rotatable bonds is 6. The van der Waals surface area contributed by atoms with Gasteiger partial charge >= 0.3 is 0 Å². The van der Waals surface area contributed by atoms with Crippen LogP contribution in [0.5, 0.6) is 0 Å². The molecule has 1 N–H and O–H groups in total. The largest absolute Gasteiger partial charge is 0.379 e. The van der Waals surface area contributed by atoms with Gasteiger partial charge in [-0.2, -0.15) is 5.10 Å². The van der Waals surface area contributed by atoms with Crippen molar-refractivity contribution in [3.8, 4) is 22.4 Å². The predicted octanol–water partition coefficient (Wildman–Crippen LogP) is 5.25. The molecule has 156 valence electrons. The molecule has 0 radical (unpaired) electrons. The number of ether oxygens (including phenoxy) is 1. The third-order valence-electron chi connectivity index (χ3n) is 5.63. The quantitative estimate of drug-likeness (QED) is 0.472. The maximum absolute atomic E-state index is 5.68. The SMILES string of the molecule is c1ccc(-c2ccc(NC3CCCOC3)c(-c3ccn(Cc4cccnc4)n3)c2)cc1. The molecule has 5 nitrogen and oxygen atoms in total. The van der Waals surface area contributed by atoms with Crippen LogP contribution in [0.25, 0.3) is 22.4 Å². The van der Waals surface area contributed by atoms with Crippen molar-refractivity contribution < 1.29 is 4.74 Å². The molecular formula is C26H26N4O. The van der Waals surface area contributed by atoms with Gasteiger partial charge in [0, 0.05) is 42.5 Å². The molecule has 0 aliphatic carbocycles. The van der Waals surface area contributed by atoms with E-state index in [1.807, 2.05) is 29.2 Å². The number of pyridine rings is 1. The lowest BCUT2D eigenvalue weighted by molar-refractivity contribution is 0.0876. The van der Waals surface area contributed by atoms with Crippen LogP contribution in [0.3, 0.4) is 0 Å². The highest BCUT2D eigenvalue weighted by Gasteiger charge is 2.17. The minimum absolute atomic E-state index is 0.326. The average Bonchev–Trinajstić information content (AvgIpc) is 3.29. The number of hydrogen-bond donors (Lipinski definition) is 1. The second-order valence-electron chi connectivity index (χ2n) is 7.94. The van der Waals surface area contributed by atoms with E-state index >= 15 is 0 Å². The molecule has 1 saturated heterocycles. The Morgan fingerprint density at radius 1 is 1.00 bits per heavy atom. The van der Waals surface area contributed by atoms with E-state index in [4.69, 9.17) is 9.84 Å². The van der Waals surface area contributed by atoms with E-state index in [1.54, 1.807) is 6.20 Å². The summed E-state index contributed by atoms with van der Waals surface area (Å²) < 4.78 is 7.64. The Hall–Kier alpha value is -3.44. The Morgan fingerprint density at radius 2 is 1.94 bits per heavy atom. The summed E-state index contributed by atoms with van der Waals surface area (Å²) in [6.45, 7) is 2.30. The van der Waals surface area contributed by atoms with Gasteiger partial charge in [0.05, 0.1) is 18.8 Å². The van der Waals surface area contributed by atoms with Crippen LogP contribution in [-0.2, 0) is 11.3 Å². The van der Waals surface area contributed by atoms with Gasteiger partial charge in [-0.25, -0.2) is 0 Å². The van der Waals surface area contributed by atoms with Crippen molar-refractivity contribution in [1.29, 1.82) is 0 Å². The molecule has 0 bridgehead atoms. The molecule has 2 aromatic carbocycles. The molecule has 0 spiro atoms. The first-order valence-electron chi connectivity index (χ1n) is 10.8. The number of hydrogen-bond acceptors (Lipinski definition) is 4. The molecule has 5 rings (SSSR count). The van der Waals surface area contributed by atoms with E-state index in [1.165, 1.54) is 11.1 Å². The molecule has 1 aliphatic heterocycles. The Kier molecular flexibility index (Phi) is 5.76. The summed E-state index contributed by atoms with van der Waals surface area (Å²) in [7, 11) is 0. The summed E-state index contributed by atoms with van der Waals surface area (Å²) in [5.74, 6) is 0. The lowest BCUT2D eigenvalue weighted by Crippen LogP contribution is -2.30. The fraction of sp³-hybridized carbons (Fsp3) is 0.231. The van der Waals surface area contributed by atoms with Crippen molar-refractivity contribution in [2.75, 3.05) is 18.5 Å². The first kappa shape index (κ1) is 19.5. The van der Waals surface area contributed by atoms with Gasteiger partial charge in [0.25, 0.3) is 0 Å². The zero-order valence-electron chi connectivity index (χ0n) is 17.4. The summed E-state index contributed by atoms with van der Waals surface area (Å²) in [5.41, 5.74) is 6.68. The molecule has 5 heteroatoms. The van der Waals surface area contributed by atoms with Gasteiger partial charge in [0.15, 0.2) is 0 Å². The lowest BCUT2D eigenvalue weighted by Gasteiger charge is -2.25. The van der Waals surface area contributed by atoms with Crippen molar-refractivity contribution in [3.05, 3.63) is 90.9 Å². The maximum Gasteiger partial charge on any atom is 0.0944 e. The van der Waals surface area contributed by atoms with Gasteiger partial charge in [0.1, 0.15) is 0 Å². The van der Waals surface area contributed by atoms with Crippen molar-refractivity contribution in [3.63, 3.8) is 0 Å². The molecular weight excluding hydrogens is 384 g/mol. The van der Waals surface area contributed by atoms with E-state index in [-0.39, 0.29) is 0 Å². The molecule has 0 amide bonds. The van der Waals surface area contributed by atoms with E-state index in [0.29, 0.717) is 12.6 Å². The molecule has 31 heavy (non-hydrogen) atoms. The molecule has 1 aliphatic rings. The van der Waals surface area contributed by atoms with Crippen LogP contribution < -0.4 is 5.32 Å². The highest BCUT2D eigenvalue weighted by Crippen LogP contribution is 2.33. The van der Waals surface area contributed by atoms with E-state index < -0.39 is 0 Å². The smallest absolute Gasteiger partial charge is 0.0944 e. The summed E-state index contributed by atoms with van der Waals surface area (Å²) in [6, 6.07) is 23.5. The Bertz CT molecular complexity index is 1120. The van der Waals surface area contributed by atoms with Gasteiger partial charge in [-0.15, -0.1) is 0 Å². The van der Waals surface area contributed by atoms with Crippen LogP contribution in [0, 0.1) is 0 Å². The van der Waals surface area contributed by atoms with Crippen LogP contribution in [0.2, 0.25) is 0 Å². The minimum atomic E-state index is 0.326. The van der Waals surface area contributed by atoms with Crippen LogP contribution in [-0.4, -0.2) is 34.0 Å². The second-order valence-corrected chi connectivity index (χ2v) is 7.94. The molecule has 0 saturated carbocycles. The van der Waals surface area contributed by atoms with Crippen LogP contribution >= 0.6 is 0 Å². The Balaban J connectivity index is 1.48. The molecule has 1 unspecified atom stereocenters. The van der Waals surface area contributed by atoms with Gasteiger partial charge < -0.3 is 10.1 Å². The van der Waals surface area contributed by atoms with Crippen molar-refractivity contribution in [2.24, 2.45) is 0 Å². The van der Waals surface area contributed by atoms with E-state index in [2.05, 4.69) is 64.9 Å². The van der Waals surface area contributed by atoms with Crippen LogP contribution in [0.4, 0.5) is 5.69 Å². The number of aromatic nitrogens is 3. The third-order valence-corrected chi connectivity index (χ3v) is 5.63. The fourth-order valence-corrected chi connectivity index (χ4v) is 4.04. The predicted molar refractivity (Wildman–Crippen MR) is 124 cm³/mol. The number of nitrogens with one attached hydrogen (secondary N) is 1.